The highest BCUT2D eigenvalue weighted by Crippen LogP contribution is 2.36. The molecular weight excluding hydrogens is 264 g/mol. The highest BCUT2D eigenvalue weighted by atomic mass is 32.1. The van der Waals surface area contributed by atoms with Gasteiger partial charge >= 0.3 is 0 Å². The first kappa shape index (κ1) is 13.1. The van der Waals surface area contributed by atoms with Crippen LogP contribution < -0.4 is 10.6 Å². The van der Waals surface area contributed by atoms with Crippen LogP contribution >= 0.6 is 12.2 Å². The summed E-state index contributed by atoms with van der Waals surface area (Å²) in [6.07, 6.45) is 1.16. The van der Waals surface area contributed by atoms with E-state index in [0.29, 0.717) is 10.9 Å². The molecule has 1 atom stereocenters. The van der Waals surface area contributed by atoms with Crippen molar-refractivity contribution in [3.8, 4) is 0 Å². The van der Waals surface area contributed by atoms with E-state index in [2.05, 4.69) is 42.3 Å². The number of hydrogen-bond donors (Lipinski definition) is 1. The number of anilines is 1. The minimum Gasteiger partial charge on any atom is -0.389 e. The fourth-order valence-corrected chi connectivity index (χ4v) is 3.14. The average molecular weight is 282 g/mol. The number of nitrogens with two attached hydrogens (primary N) is 1. The third-order valence-corrected chi connectivity index (χ3v) is 4.26. The zero-order valence-corrected chi connectivity index (χ0v) is 12.4. The first-order chi connectivity index (χ1) is 9.66. The molecule has 0 heterocycles. The number of likely N-dealkylation sites (N-methyl/N-ethyl adjacent to an activating group) is 1. The minimum atomic E-state index is 0.460. The Morgan fingerprint density at radius 1 is 1.20 bits per heavy atom. The van der Waals surface area contributed by atoms with Gasteiger partial charge in [0, 0.05) is 30.8 Å². The lowest BCUT2D eigenvalue weighted by molar-refractivity contribution is 0.601. The van der Waals surface area contributed by atoms with Crippen molar-refractivity contribution in [1.29, 1.82) is 0 Å². The van der Waals surface area contributed by atoms with Crippen LogP contribution in [0.5, 0.6) is 0 Å². The van der Waals surface area contributed by atoms with Crippen molar-refractivity contribution in [3.63, 3.8) is 0 Å². The Morgan fingerprint density at radius 2 is 1.90 bits per heavy atom. The number of para-hydroxylation sites is 1. The Balaban J connectivity index is 1.79. The van der Waals surface area contributed by atoms with Crippen LogP contribution in [0.15, 0.2) is 48.5 Å². The molecule has 3 heteroatoms. The molecule has 0 amide bonds. The predicted molar refractivity (Wildman–Crippen MR) is 88.5 cm³/mol. The highest BCUT2D eigenvalue weighted by molar-refractivity contribution is 7.80. The molecule has 2 N–H and O–H groups in total. The Labute approximate surface area is 125 Å². The Kier molecular flexibility index (Phi) is 3.45. The van der Waals surface area contributed by atoms with Crippen molar-refractivity contribution >= 4 is 22.9 Å². The summed E-state index contributed by atoms with van der Waals surface area (Å²) in [5, 5.41) is 0. The molecule has 102 valence electrons. The molecular formula is C17H18N2S. The van der Waals surface area contributed by atoms with E-state index < -0.39 is 0 Å². The van der Waals surface area contributed by atoms with E-state index in [9.17, 15) is 0 Å². The van der Waals surface area contributed by atoms with Crippen LogP contribution in [-0.4, -0.2) is 18.6 Å². The first-order valence-corrected chi connectivity index (χ1v) is 7.25. The van der Waals surface area contributed by atoms with Crippen molar-refractivity contribution < 1.29 is 0 Å². The normalized spacial score (nSPS) is 16.1. The van der Waals surface area contributed by atoms with Crippen LogP contribution in [0.2, 0.25) is 0 Å². The minimum absolute atomic E-state index is 0.460. The predicted octanol–water partition coefficient (Wildman–Crippen LogP) is 3.10. The van der Waals surface area contributed by atoms with Gasteiger partial charge < -0.3 is 10.6 Å². The summed E-state index contributed by atoms with van der Waals surface area (Å²) in [6, 6.07) is 16.8. The third kappa shape index (κ3) is 2.29. The fourth-order valence-electron chi connectivity index (χ4n) is 2.97. The number of thiocarbonyl (C=S) groups is 1. The topological polar surface area (TPSA) is 29.3 Å². The lowest BCUT2D eigenvalue weighted by Gasteiger charge is -2.34. The molecule has 1 aliphatic carbocycles. The standard InChI is InChI=1S/C17H18N2S/c1-19(16-9-5-4-8-15(16)17(18)20)11-13-10-12-6-2-3-7-14(12)13/h2-9,13H,10-11H2,1H3,(H2,18,20). The summed E-state index contributed by atoms with van der Waals surface area (Å²) >= 11 is 5.14. The molecule has 1 aliphatic rings. The van der Waals surface area contributed by atoms with E-state index in [1.54, 1.807) is 0 Å². The SMILES string of the molecule is CN(CC1Cc2ccccc21)c1ccccc1C(N)=S. The van der Waals surface area contributed by atoms with Gasteiger partial charge in [-0.2, -0.15) is 0 Å². The maximum absolute atomic E-state index is 5.81. The second-order valence-electron chi connectivity index (χ2n) is 5.36. The van der Waals surface area contributed by atoms with Gasteiger partial charge in [-0.1, -0.05) is 48.6 Å². The summed E-state index contributed by atoms with van der Waals surface area (Å²) in [5.74, 6) is 0.607. The van der Waals surface area contributed by atoms with Gasteiger partial charge in [-0.3, -0.25) is 0 Å². The van der Waals surface area contributed by atoms with Crippen molar-refractivity contribution in [1.82, 2.24) is 0 Å². The molecule has 2 aromatic carbocycles. The van der Waals surface area contributed by atoms with Gasteiger partial charge in [0.25, 0.3) is 0 Å². The number of nitrogens with zero attached hydrogens (tertiary/aromatic N) is 1. The molecule has 0 fully saturated rings. The molecule has 3 rings (SSSR count). The van der Waals surface area contributed by atoms with E-state index in [0.717, 1.165) is 24.2 Å². The van der Waals surface area contributed by atoms with Gasteiger partial charge in [0.1, 0.15) is 4.99 Å². The zero-order valence-electron chi connectivity index (χ0n) is 11.5. The molecule has 2 nitrogen and oxygen atoms in total. The molecule has 0 saturated heterocycles. The van der Waals surface area contributed by atoms with Crippen molar-refractivity contribution in [3.05, 3.63) is 65.2 Å². The summed E-state index contributed by atoms with van der Waals surface area (Å²) in [6.45, 7) is 0.997. The summed E-state index contributed by atoms with van der Waals surface area (Å²) in [5.41, 5.74) is 10.8. The lowest BCUT2D eigenvalue weighted by atomic mass is 9.77. The monoisotopic (exact) mass is 282 g/mol. The van der Waals surface area contributed by atoms with Crippen molar-refractivity contribution in [2.75, 3.05) is 18.5 Å². The zero-order chi connectivity index (χ0) is 14.1. The van der Waals surface area contributed by atoms with Gasteiger partial charge in [0.2, 0.25) is 0 Å². The van der Waals surface area contributed by atoms with Crippen LogP contribution in [-0.2, 0) is 6.42 Å². The number of hydrogen-bond acceptors (Lipinski definition) is 2. The van der Waals surface area contributed by atoms with Crippen molar-refractivity contribution in [2.24, 2.45) is 5.73 Å². The van der Waals surface area contributed by atoms with E-state index in [1.807, 2.05) is 18.2 Å². The van der Waals surface area contributed by atoms with Crippen LogP contribution in [0.25, 0.3) is 0 Å². The molecule has 0 saturated carbocycles. The molecule has 20 heavy (non-hydrogen) atoms. The second-order valence-corrected chi connectivity index (χ2v) is 5.80. The Bertz CT molecular complexity index is 651. The van der Waals surface area contributed by atoms with Gasteiger partial charge in [0.15, 0.2) is 0 Å². The lowest BCUT2D eigenvalue weighted by Crippen LogP contribution is -2.32. The molecule has 0 bridgehead atoms. The average Bonchev–Trinajstić information content (AvgIpc) is 2.44. The van der Waals surface area contributed by atoms with Gasteiger partial charge in [-0.15, -0.1) is 0 Å². The molecule has 0 radical (unpaired) electrons. The second kappa shape index (κ2) is 5.25. The van der Waals surface area contributed by atoms with Crippen LogP contribution in [0.3, 0.4) is 0 Å². The summed E-state index contributed by atoms with van der Waals surface area (Å²) in [4.78, 5) is 2.72. The van der Waals surface area contributed by atoms with E-state index >= 15 is 0 Å². The molecule has 1 unspecified atom stereocenters. The maximum atomic E-state index is 5.81. The van der Waals surface area contributed by atoms with Crippen LogP contribution in [0, 0.1) is 0 Å². The number of fused-ring (bicyclic) bond motifs is 1. The fraction of sp³-hybridized carbons (Fsp3) is 0.235. The molecule has 0 aliphatic heterocycles. The Morgan fingerprint density at radius 3 is 2.65 bits per heavy atom. The largest absolute Gasteiger partial charge is 0.389 e. The van der Waals surface area contributed by atoms with E-state index in [4.69, 9.17) is 18.0 Å². The quantitative estimate of drug-likeness (QED) is 0.874. The smallest absolute Gasteiger partial charge is 0.106 e. The molecule has 0 aromatic heterocycles. The first-order valence-electron chi connectivity index (χ1n) is 6.84. The number of rotatable bonds is 4. The van der Waals surface area contributed by atoms with Crippen molar-refractivity contribution in [2.45, 2.75) is 12.3 Å². The molecule has 2 aromatic rings. The van der Waals surface area contributed by atoms with Crippen LogP contribution in [0.4, 0.5) is 5.69 Å². The third-order valence-electron chi connectivity index (χ3n) is 4.04. The molecule has 0 spiro atoms. The van der Waals surface area contributed by atoms with Gasteiger partial charge in [0.05, 0.1) is 0 Å². The van der Waals surface area contributed by atoms with Crippen LogP contribution in [0.1, 0.15) is 22.6 Å². The summed E-state index contributed by atoms with van der Waals surface area (Å²) in [7, 11) is 2.11. The Hall–Kier alpha value is -1.87. The maximum Gasteiger partial charge on any atom is 0.106 e. The van der Waals surface area contributed by atoms with Gasteiger partial charge in [-0.25, -0.2) is 0 Å². The van der Waals surface area contributed by atoms with Gasteiger partial charge in [-0.05, 0) is 29.7 Å². The van der Waals surface area contributed by atoms with E-state index in [-0.39, 0.29) is 0 Å². The summed E-state index contributed by atoms with van der Waals surface area (Å²) < 4.78 is 0. The highest BCUT2D eigenvalue weighted by Gasteiger charge is 2.26. The number of benzene rings is 2. The van der Waals surface area contributed by atoms with E-state index in [1.165, 1.54) is 11.1 Å².